The number of aromatic nitrogens is 1. The highest BCUT2D eigenvalue weighted by molar-refractivity contribution is 5.91. The summed E-state index contributed by atoms with van der Waals surface area (Å²) in [5.74, 6) is -0.176. The van der Waals surface area contributed by atoms with Crippen LogP contribution in [0.3, 0.4) is 0 Å². The van der Waals surface area contributed by atoms with Gasteiger partial charge in [-0.2, -0.15) is 0 Å². The molecule has 1 heterocycles. The normalized spacial score (nSPS) is 11.4. The van der Waals surface area contributed by atoms with Crippen molar-refractivity contribution in [3.8, 4) is 0 Å². The maximum Gasteiger partial charge on any atom is 0.250 e. The van der Waals surface area contributed by atoms with Gasteiger partial charge in [0.2, 0.25) is 5.91 Å². The molecule has 0 aliphatic rings. The summed E-state index contributed by atoms with van der Waals surface area (Å²) in [6.07, 6.45) is 1.81. The Hall–Kier alpha value is -1.66. The third-order valence-electron chi connectivity index (χ3n) is 2.42. The van der Waals surface area contributed by atoms with Gasteiger partial charge < -0.3 is 20.4 Å². The van der Waals surface area contributed by atoms with Crippen LogP contribution < -0.4 is 16.6 Å². The maximum atomic E-state index is 11.7. The monoisotopic (exact) mass is 267 g/mol. The zero-order chi connectivity index (χ0) is 14.5. The molecule has 0 radical (unpaired) electrons. The molecule has 0 saturated heterocycles. The number of nitrogens with one attached hydrogen (secondary N) is 1. The highest BCUT2D eigenvalue weighted by Crippen LogP contribution is 2.08. The van der Waals surface area contributed by atoms with Gasteiger partial charge in [-0.1, -0.05) is 0 Å². The van der Waals surface area contributed by atoms with Crippen molar-refractivity contribution >= 4 is 11.6 Å². The summed E-state index contributed by atoms with van der Waals surface area (Å²) >= 11 is 0. The lowest BCUT2D eigenvalue weighted by molar-refractivity contribution is -0.117. The van der Waals surface area contributed by atoms with Crippen molar-refractivity contribution in [2.24, 2.45) is 5.73 Å². The predicted molar refractivity (Wildman–Crippen MR) is 74.1 cm³/mol. The molecule has 0 unspecified atom stereocenters. The van der Waals surface area contributed by atoms with Crippen LogP contribution in [-0.4, -0.2) is 29.7 Å². The van der Waals surface area contributed by atoms with Gasteiger partial charge in [0, 0.05) is 37.9 Å². The number of rotatable bonds is 6. The van der Waals surface area contributed by atoms with Crippen LogP contribution in [-0.2, 0) is 16.1 Å². The smallest absolute Gasteiger partial charge is 0.250 e. The van der Waals surface area contributed by atoms with Gasteiger partial charge in [-0.05, 0) is 19.9 Å². The fourth-order valence-corrected chi connectivity index (χ4v) is 1.59. The molecule has 1 rings (SSSR count). The van der Waals surface area contributed by atoms with E-state index in [2.05, 4.69) is 5.32 Å². The number of nitrogens with zero attached hydrogens (tertiary/aromatic N) is 1. The van der Waals surface area contributed by atoms with E-state index >= 15 is 0 Å². The first-order chi connectivity index (χ1) is 8.81. The lowest BCUT2D eigenvalue weighted by atomic mass is 10.0. The number of nitrogens with two attached hydrogens (primary N) is 1. The highest BCUT2D eigenvalue weighted by atomic mass is 16.5. The lowest BCUT2D eigenvalue weighted by Crippen LogP contribution is -2.36. The second kappa shape index (κ2) is 6.49. The second-order valence-electron chi connectivity index (χ2n) is 5.16. The van der Waals surface area contributed by atoms with Gasteiger partial charge in [0.15, 0.2) is 0 Å². The van der Waals surface area contributed by atoms with Crippen LogP contribution >= 0.6 is 0 Å². The molecule has 1 amide bonds. The molecule has 0 bridgehead atoms. The topological polar surface area (TPSA) is 86.3 Å². The summed E-state index contributed by atoms with van der Waals surface area (Å²) in [7, 11) is 1.57. The minimum absolute atomic E-state index is 0.130. The number of carbonyl (C=O) groups is 1. The first-order valence-corrected chi connectivity index (χ1v) is 6.10. The van der Waals surface area contributed by atoms with Gasteiger partial charge in [0.05, 0.1) is 12.3 Å². The fraction of sp³-hybridized carbons (Fsp3) is 0.538. The van der Waals surface area contributed by atoms with E-state index in [-0.39, 0.29) is 17.9 Å². The Morgan fingerprint density at radius 2 is 2.16 bits per heavy atom. The van der Waals surface area contributed by atoms with E-state index in [9.17, 15) is 9.59 Å². The van der Waals surface area contributed by atoms with Crippen LogP contribution in [0.25, 0.3) is 0 Å². The number of methoxy groups -OCH3 is 1. The number of amides is 1. The van der Waals surface area contributed by atoms with Crippen LogP contribution in [0, 0.1) is 0 Å². The van der Waals surface area contributed by atoms with Gasteiger partial charge >= 0.3 is 0 Å². The van der Waals surface area contributed by atoms with Crippen molar-refractivity contribution < 1.29 is 9.53 Å². The molecule has 3 N–H and O–H groups in total. The minimum Gasteiger partial charge on any atom is -0.383 e. The van der Waals surface area contributed by atoms with E-state index in [0.717, 1.165) is 0 Å². The van der Waals surface area contributed by atoms with E-state index in [1.54, 1.807) is 33.2 Å². The van der Waals surface area contributed by atoms with E-state index in [1.807, 2.05) is 0 Å². The number of hydrogen-bond donors (Lipinski definition) is 2. The number of pyridine rings is 1. The minimum atomic E-state index is -0.561. The molecule has 6 nitrogen and oxygen atoms in total. The molecule has 1 aromatic rings. The molecule has 0 saturated carbocycles. The average molecular weight is 267 g/mol. The molecule has 0 spiro atoms. The summed E-state index contributed by atoms with van der Waals surface area (Å²) in [6.45, 7) is 4.45. The van der Waals surface area contributed by atoms with Gasteiger partial charge in [0.1, 0.15) is 0 Å². The van der Waals surface area contributed by atoms with Crippen molar-refractivity contribution in [2.75, 3.05) is 19.0 Å². The molecule has 0 atom stereocenters. The molecule has 0 aliphatic heterocycles. The van der Waals surface area contributed by atoms with Crippen molar-refractivity contribution in [3.05, 3.63) is 28.7 Å². The summed E-state index contributed by atoms with van der Waals surface area (Å²) in [5.41, 5.74) is 5.66. The van der Waals surface area contributed by atoms with E-state index in [1.165, 1.54) is 10.6 Å². The van der Waals surface area contributed by atoms with Gasteiger partial charge in [-0.25, -0.2) is 0 Å². The zero-order valence-corrected chi connectivity index (χ0v) is 11.6. The maximum absolute atomic E-state index is 11.7. The number of ether oxygens (including phenoxy) is 1. The Balaban J connectivity index is 2.74. The van der Waals surface area contributed by atoms with Gasteiger partial charge in [-0.3, -0.25) is 9.59 Å². The Labute approximate surface area is 112 Å². The van der Waals surface area contributed by atoms with Crippen LogP contribution in [0.4, 0.5) is 5.69 Å². The van der Waals surface area contributed by atoms with Crippen molar-refractivity contribution in [1.29, 1.82) is 0 Å². The van der Waals surface area contributed by atoms with Gasteiger partial charge in [0.25, 0.3) is 5.56 Å². The largest absolute Gasteiger partial charge is 0.383 e. The van der Waals surface area contributed by atoms with E-state index in [0.29, 0.717) is 18.8 Å². The average Bonchev–Trinajstić information content (AvgIpc) is 2.27. The molecule has 19 heavy (non-hydrogen) atoms. The first kappa shape index (κ1) is 15.4. The molecule has 6 heteroatoms. The Kier molecular flexibility index (Phi) is 5.26. The van der Waals surface area contributed by atoms with Crippen LogP contribution in [0.15, 0.2) is 23.1 Å². The van der Waals surface area contributed by atoms with Crippen molar-refractivity contribution in [3.63, 3.8) is 0 Å². The van der Waals surface area contributed by atoms with Crippen molar-refractivity contribution in [2.45, 2.75) is 32.4 Å². The standard InChI is InChI=1S/C13H21N3O3/c1-13(2,14)8-11(17)15-10-4-5-12(18)16(9-10)6-7-19-3/h4-5,9H,6-8,14H2,1-3H3,(H,15,17). The Morgan fingerprint density at radius 3 is 2.74 bits per heavy atom. The quantitative estimate of drug-likeness (QED) is 0.788. The van der Waals surface area contributed by atoms with Crippen LogP contribution in [0.2, 0.25) is 0 Å². The molecule has 0 fully saturated rings. The summed E-state index contributed by atoms with van der Waals surface area (Å²) in [5, 5.41) is 2.72. The lowest BCUT2D eigenvalue weighted by Gasteiger charge is -2.17. The van der Waals surface area contributed by atoms with Crippen molar-refractivity contribution in [1.82, 2.24) is 4.57 Å². The van der Waals surface area contributed by atoms with Gasteiger partial charge in [-0.15, -0.1) is 0 Å². The summed E-state index contributed by atoms with van der Waals surface area (Å²) in [4.78, 5) is 23.3. The Morgan fingerprint density at radius 1 is 1.47 bits per heavy atom. The molecular formula is C13H21N3O3. The molecule has 0 aliphatic carbocycles. The summed E-state index contributed by atoms with van der Waals surface area (Å²) < 4.78 is 6.42. The second-order valence-corrected chi connectivity index (χ2v) is 5.16. The SMILES string of the molecule is COCCn1cc(NC(=O)CC(C)(C)N)ccc1=O. The molecular weight excluding hydrogens is 246 g/mol. The summed E-state index contributed by atoms with van der Waals surface area (Å²) in [6, 6.07) is 2.99. The fourth-order valence-electron chi connectivity index (χ4n) is 1.59. The molecule has 106 valence electrons. The zero-order valence-electron chi connectivity index (χ0n) is 11.6. The first-order valence-electron chi connectivity index (χ1n) is 6.10. The van der Waals surface area contributed by atoms with Crippen LogP contribution in [0.5, 0.6) is 0 Å². The molecule has 0 aromatic carbocycles. The third kappa shape index (κ3) is 5.67. The number of carbonyl (C=O) groups excluding carboxylic acids is 1. The third-order valence-corrected chi connectivity index (χ3v) is 2.42. The number of hydrogen-bond acceptors (Lipinski definition) is 4. The number of anilines is 1. The molecule has 1 aromatic heterocycles. The van der Waals surface area contributed by atoms with E-state index in [4.69, 9.17) is 10.5 Å². The Bertz CT molecular complexity index is 489. The van der Waals surface area contributed by atoms with Crippen LogP contribution in [0.1, 0.15) is 20.3 Å². The predicted octanol–water partition coefficient (Wildman–Crippen LogP) is 0.561. The van der Waals surface area contributed by atoms with E-state index < -0.39 is 5.54 Å². The highest BCUT2D eigenvalue weighted by Gasteiger charge is 2.16.